The molecule has 0 saturated heterocycles. The average Bonchev–Trinajstić information content (AvgIpc) is 3.28. The minimum atomic E-state index is -1.06. The topological polar surface area (TPSA) is 145 Å². The molecule has 0 saturated carbocycles. The van der Waals surface area contributed by atoms with E-state index in [0.29, 0.717) is 5.75 Å². The Morgan fingerprint density at radius 3 is 2.54 bits per heavy atom. The van der Waals surface area contributed by atoms with E-state index in [1.807, 2.05) is 43.3 Å². The molecule has 0 aliphatic heterocycles. The minimum Gasteiger partial charge on any atom is -0.595 e. The van der Waals surface area contributed by atoms with E-state index < -0.39 is 47.6 Å². The van der Waals surface area contributed by atoms with Crippen LogP contribution >= 0.6 is 11.8 Å². The molecule has 2 rings (SSSR count). The Bertz CT molecular complexity index is 1170. The van der Waals surface area contributed by atoms with E-state index >= 15 is 0 Å². The first kappa shape index (κ1) is 31.7. The monoisotopic (exact) mass is 559 g/mol. The molecule has 2 aromatic rings. The quantitative estimate of drug-likeness (QED) is 0.112. The molecule has 3 atom stereocenters. The van der Waals surface area contributed by atoms with E-state index in [1.165, 1.54) is 25.8 Å². The molecule has 39 heavy (non-hydrogen) atoms. The SMILES string of the molecule is CC/C=C/CSC[C@H](N=C([O-])OC(C)(C)C)C(=O)N[C@@H](C)C(=O)N[C@@H](Cc1c[nH]c2ccccc12)C(=O)OC. The third kappa shape index (κ3) is 10.7. The maximum absolute atomic E-state index is 13.0. The lowest BCUT2D eigenvalue weighted by Crippen LogP contribution is -2.53. The van der Waals surface area contributed by atoms with Crippen LogP contribution < -0.4 is 15.7 Å². The van der Waals surface area contributed by atoms with Gasteiger partial charge in [-0.3, -0.25) is 14.6 Å². The summed E-state index contributed by atoms with van der Waals surface area (Å²) in [7, 11) is 1.25. The Balaban J connectivity index is 2.10. The Labute approximate surface area is 234 Å². The van der Waals surface area contributed by atoms with E-state index in [9.17, 15) is 19.5 Å². The van der Waals surface area contributed by atoms with E-state index in [0.717, 1.165) is 22.9 Å². The molecule has 0 radical (unpaired) electrons. The number of amides is 2. The van der Waals surface area contributed by atoms with Crippen molar-refractivity contribution in [2.24, 2.45) is 4.99 Å². The summed E-state index contributed by atoms with van der Waals surface area (Å²) in [5.41, 5.74) is 0.980. The molecule has 2 amide bonds. The first-order valence-corrected chi connectivity index (χ1v) is 14.0. The highest BCUT2D eigenvalue weighted by molar-refractivity contribution is 7.99. The van der Waals surface area contributed by atoms with Gasteiger partial charge in [0.1, 0.15) is 24.2 Å². The summed E-state index contributed by atoms with van der Waals surface area (Å²) in [4.78, 5) is 45.6. The number of H-pyrrole nitrogens is 1. The van der Waals surface area contributed by atoms with Crippen LogP contribution in [-0.4, -0.2) is 71.2 Å². The average molecular weight is 560 g/mol. The highest BCUT2D eigenvalue weighted by Gasteiger charge is 2.28. The van der Waals surface area contributed by atoms with Crippen LogP contribution in [0.1, 0.15) is 46.6 Å². The lowest BCUT2D eigenvalue weighted by Gasteiger charge is -2.30. The summed E-state index contributed by atoms with van der Waals surface area (Å²) in [6, 6.07) is 4.59. The van der Waals surface area contributed by atoms with Crippen LogP contribution in [0.4, 0.5) is 0 Å². The van der Waals surface area contributed by atoms with Gasteiger partial charge in [-0.15, -0.1) is 0 Å². The van der Waals surface area contributed by atoms with Gasteiger partial charge in [-0.05, 0) is 25.0 Å². The van der Waals surface area contributed by atoms with Gasteiger partial charge in [-0.1, -0.05) is 58.0 Å². The highest BCUT2D eigenvalue weighted by atomic mass is 32.2. The Kier molecular flexibility index (Phi) is 12.4. The molecule has 0 aliphatic rings. The number of aliphatic imine (C=N–C) groups is 1. The van der Waals surface area contributed by atoms with Gasteiger partial charge in [0, 0.05) is 40.6 Å². The molecule has 214 valence electrons. The number of methoxy groups -OCH3 is 1. The minimum absolute atomic E-state index is 0.196. The number of aromatic amines is 1. The van der Waals surface area contributed by atoms with Gasteiger partial charge in [0.25, 0.3) is 0 Å². The van der Waals surface area contributed by atoms with Crippen LogP contribution in [0, 0.1) is 0 Å². The molecule has 1 aromatic heterocycles. The summed E-state index contributed by atoms with van der Waals surface area (Å²) >= 11 is 1.43. The van der Waals surface area contributed by atoms with Crippen molar-refractivity contribution < 1.29 is 29.0 Å². The molecule has 1 heterocycles. The third-order valence-corrected chi connectivity index (χ3v) is 6.48. The number of benzene rings is 1. The lowest BCUT2D eigenvalue weighted by molar-refractivity contribution is -0.260. The fourth-order valence-corrected chi connectivity index (χ4v) is 4.45. The van der Waals surface area contributed by atoms with Crippen molar-refractivity contribution in [3.05, 3.63) is 48.2 Å². The van der Waals surface area contributed by atoms with Crippen molar-refractivity contribution in [2.45, 2.75) is 71.2 Å². The number of carbonyl (C=O) groups is 3. The molecule has 0 bridgehead atoms. The number of nitrogens with zero attached hydrogens (tertiary/aromatic N) is 1. The number of nitrogens with one attached hydrogen (secondary N) is 3. The summed E-state index contributed by atoms with van der Waals surface area (Å²) in [5.74, 6) is -0.915. The zero-order chi connectivity index (χ0) is 29.0. The number of hydrogen-bond acceptors (Lipinski definition) is 8. The smallest absolute Gasteiger partial charge is 0.328 e. The third-order valence-electron chi connectivity index (χ3n) is 5.50. The van der Waals surface area contributed by atoms with E-state index in [-0.39, 0.29) is 12.2 Å². The van der Waals surface area contributed by atoms with Crippen molar-refractivity contribution in [1.82, 2.24) is 15.6 Å². The molecule has 0 unspecified atom stereocenters. The van der Waals surface area contributed by atoms with Crippen molar-refractivity contribution in [2.75, 3.05) is 18.6 Å². The van der Waals surface area contributed by atoms with Crippen molar-refractivity contribution in [3.63, 3.8) is 0 Å². The summed E-state index contributed by atoms with van der Waals surface area (Å²) in [6.45, 7) is 8.64. The van der Waals surface area contributed by atoms with E-state index in [1.54, 1.807) is 27.0 Å². The zero-order valence-corrected chi connectivity index (χ0v) is 24.2. The number of carbonyl (C=O) groups excluding carboxylic acids is 3. The highest BCUT2D eigenvalue weighted by Crippen LogP contribution is 2.19. The number of esters is 1. The predicted molar refractivity (Wildman–Crippen MR) is 152 cm³/mol. The normalized spacial score (nSPS) is 14.6. The molecule has 10 nitrogen and oxygen atoms in total. The lowest BCUT2D eigenvalue weighted by atomic mass is 10.0. The number of allylic oxidation sites excluding steroid dienone is 1. The first-order chi connectivity index (χ1) is 18.4. The fourth-order valence-electron chi connectivity index (χ4n) is 3.60. The number of hydrogen-bond donors (Lipinski definition) is 3. The molecule has 0 aliphatic carbocycles. The van der Waals surface area contributed by atoms with Crippen LogP contribution in [0.15, 0.2) is 47.6 Å². The standard InChI is InChI=1S/C28H40N4O6S/c1-7-8-11-14-39-17-23(32-27(36)38-28(3,4)5)25(34)30-18(2)24(33)31-22(26(35)37-6)15-19-16-29-21-13-10-9-12-20(19)21/h8-13,16,18,22-23,29H,7,14-15,17H2,1-6H3,(H,30,34)(H,31,33)(H,32,36)/p-1/b11-8+/t18-,22-,23-/m0/s1. The van der Waals surface area contributed by atoms with Crippen LogP contribution in [0.3, 0.4) is 0 Å². The Morgan fingerprint density at radius 1 is 1.15 bits per heavy atom. The number of para-hydroxylation sites is 1. The van der Waals surface area contributed by atoms with Gasteiger partial charge < -0.3 is 30.2 Å². The number of ether oxygens (including phenoxy) is 2. The second-order valence-electron chi connectivity index (χ2n) is 9.92. The van der Waals surface area contributed by atoms with Crippen molar-refractivity contribution >= 4 is 46.5 Å². The number of thioether (sulfide) groups is 1. The Morgan fingerprint density at radius 2 is 1.87 bits per heavy atom. The van der Waals surface area contributed by atoms with Crippen molar-refractivity contribution in [3.8, 4) is 0 Å². The molecule has 0 fully saturated rings. The summed E-state index contributed by atoms with van der Waals surface area (Å²) in [6.07, 6.45) is 6.01. The molecule has 3 N–H and O–H groups in total. The van der Waals surface area contributed by atoms with Crippen LogP contribution in [0.5, 0.6) is 0 Å². The van der Waals surface area contributed by atoms with E-state index in [4.69, 9.17) is 9.47 Å². The van der Waals surface area contributed by atoms with Crippen LogP contribution in [0.25, 0.3) is 10.9 Å². The van der Waals surface area contributed by atoms with Crippen molar-refractivity contribution in [1.29, 1.82) is 0 Å². The molecular formula is C28H39N4O6S-. The van der Waals surface area contributed by atoms with Gasteiger partial charge in [0.05, 0.1) is 7.11 Å². The molecule has 1 aromatic carbocycles. The fraction of sp³-hybridized carbons (Fsp3) is 0.500. The summed E-state index contributed by atoms with van der Waals surface area (Å²) < 4.78 is 10.1. The molecular weight excluding hydrogens is 520 g/mol. The zero-order valence-electron chi connectivity index (χ0n) is 23.4. The van der Waals surface area contributed by atoms with Gasteiger partial charge in [-0.2, -0.15) is 11.8 Å². The van der Waals surface area contributed by atoms with Gasteiger partial charge in [-0.25, -0.2) is 4.79 Å². The number of fused-ring (bicyclic) bond motifs is 1. The van der Waals surface area contributed by atoms with Gasteiger partial charge >= 0.3 is 5.97 Å². The van der Waals surface area contributed by atoms with Gasteiger partial charge in [0.15, 0.2) is 0 Å². The number of rotatable bonds is 13. The second-order valence-corrected chi connectivity index (χ2v) is 11.0. The van der Waals surface area contributed by atoms with E-state index in [2.05, 4.69) is 20.6 Å². The maximum Gasteiger partial charge on any atom is 0.328 e. The predicted octanol–water partition coefficient (Wildman–Crippen LogP) is 2.47. The number of aromatic nitrogens is 1. The Hall–Kier alpha value is -3.47. The van der Waals surface area contributed by atoms with Crippen LogP contribution in [-0.2, 0) is 30.3 Å². The molecule has 11 heteroatoms. The second kappa shape index (κ2) is 15.2. The van der Waals surface area contributed by atoms with Gasteiger partial charge in [0.2, 0.25) is 11.8 Å². The maximum atomic E-state index is 13.0. The summed E-state index contributed by atoms with van der Waals surface area (Å²) in [5, 5.41) is 18.5. The largest absolute Gasteiger partial charge is 0.595 e. The first-order valence-electron chi connectivity index (χ1n) is 12.8. The van der Waals surface area contributed by atoms with Crippen LogP contribution in [0.2, 0.25) is 0 Å². The molecule has 0 spiro atoms.